The standard InChI is InChI=1S/C11H14N2O3/c12-10(5-7-1-2-7)9-6-8(13(15)16)3-4-11(9)14/h3-4,6-7,10,14H,1-2,5,12H2/t10-/m0/s1. The lowest BCUT2D eigenvalue weighted by Crippen LogP contribution is -2.11. The lowest BCUT2D eigenvalue weighted by molar-refractivity contribution is -0.385. The molecular formula is C11H14N2O3. The average molecular weight is 222 g/mol. The van der Waals surface area contributed by atoms with E-state index in [-0.39, 0.29) is 17.5 Å². The molecule has 1 atom stereocenters. The third-order valence-corrected chi connectivity index (χ3v) is 2.91. The summed E-state index contributed by atoms with van der Waals surface area (Å²) >= 11 is 0. The van der Waals surface area contributed by atoms with Crippen LogP contribution in [0.15, 0.2) is 18.2 Å². The van der Waals surface area contributed by atoms with Crippen LogP contribution in [0.3, 0.4) is 0 Å². The van der Waals surface area contributed by atoms with Gasteiger partial charge < -0.3 is 10.8 Å². The largest absolute Gasteiger partial charge is 0.508 e. The normalized spacial score (nSPS) is 17.1. The van der Waals surface area contributed by atoms with Gasteiger partial charge in [0.1, 0.15) is 5.75 Å². The summed E-state index contributed by atoms with van der Waals surface area (Å²) in [6.45, 7) is 0. The Kier molecular flexibility index (Phi) is 2.78. The van der Waals surface area contributed by atoms with Crippen LogP contribution in [-0.2, 0) is 0 Å². The van der Waals surface area contributed by atoms with Gasteiger partial charge in [0.25, 0.3) is 5.69 Å². The molecule has 0 radical (unpaired) electrons. The Balaban J connectivity index is 2.22. The van der Waals surface area contributed by atoms with Crippen molar-refractivity contribution in [3.05, 3.63) is 33.9 Å². The minimum Gasteiger partial charge on any atom is -0.508 e. The summed E-state index contributed by atoms with van der Waals surface area (Å²) in [6, 6.07) is 3.66. The van der Waals surface area contributed by atoms with E-state index in [0.717, 1.165) is 6.42 Å². The van der Waals surface area contributed by atoms with Crippen LogP contribution in [0.5, 0.6) is 5.75 Å². The maximum Gasteiger partial charge on any atom is 0.270 e. The van der Waals surface area contributed by atoms with Crippen LogP contribution in [0.1, 0.15) is 30.9 Å². The summed E-state index contributed by atoms with van der Waals surface area (Å²) in [7, 11) is 0. The Hall–Kier alpha value is -1.62. The molecule has 0 unspecified atom stereocenters. The number of benzene rings is 1. The average Bonchev–Trinajstić information content (AvgIpc) is 3.01. The minimum absolute atomic E-state index is 0.0287. The number of phenols is 1. The fourth-order valence-corrected chi connectivity index (χ4v) is 1.79. The highest BCUT2D eigenvalue weighted by molar-refractivity contribution is 5.44. The predicted octanol–water partition coefficient (Wildman–Crippen LogP) is 2.10. The van der Waals surface area contributed by atoms with E-state index in [4.69, 9.17) is 5.73 Å². The molecule has 0 aromatic heterocycles. The van der Waals surface area contributed by atoms with Crippen molar-refractivity contribution < 1.29 is 10.0 Å². The number of nitrogens with zero attached hydrogens (tertiary/aromatic N) is 1. The number of hydrogen-bond acceptors (Lipinski definition) is 4. The molecule has 0 heterocycles. The molecule has 0 saturated heterocycles. The number of hydrogen-bond donors (Lipinski definition) is 2. The second-order valence-electron chi connectivity index (χ2n) is 4.29. The highest BCUT2D eigenvalue weighted by Gasteiger charge is 2.26. The monoisotopic (exact) mass is 222 g/mol. The summed E-state index contributed by atoms with van der Waals surface area (Å²) in [4.78, 5) is 10.1. The Bertz CT molecular complexity index is 416. The zero-order valence-corrected chi connectivity index (χ0v) is 8.80. The van der Waals surface area contributed by atoms with Crippen LogP contribution >= 0.6 is 0 Å². The molecule has 1 aromatic carbocycles. The van der Waals surface area contributed by atoms with E-state index in [9.17, 15) is 15.2 Å². The number of nitro benzene ring substituents is 1. The van der Waals surface area contributed by atoms with Crippen molar-refractivity contribution in [3.63, 3.8) is 0 Å². The summed E-state index contributed by atoms with van der Waals surface area (Å²) in [6.07, 6.45) is 3.13. The number of aromatic hydroxyl groups is 1. The van der Waals surface area contributed by atoms with E-state index in [0.29, 0.717) is 11.5 Å². The Morgan fingerprint density at radius 3 is 2.81 bits per heavy atom. The smallest absolute Gasteiger partial charge is 0.270 e. The first-order valence-corrected chi connectivity index (χ1v) is 5.31. The van der Waals surface area contributed by atoms with E-state index in [1.165, 1.54) is 31.0 Å². The maximum atomic E-state index is 10.6. The van der Waals surface area contributed by atoms with Gasteiger partial charge in [-0.25, -0.2) is 0 Å². The molecule has 0 amide bonds. The molecule has 1 aliphatic rings. The van der Waals surface area contributed by atoms with E-state index in [2.05, 4.69) is 0 Å². The molecule has 1 aromatic rings. The SMILES string of the molecule is N[C@@H](CC1CC1)c1cc([N+](=O)[O-])ccc1O. The van der Waals surface area contributed by atoms with Crippen LogP contribution in [-0.4, -0.2) is 10.0 Å². The molecule has 86 valence electrons. The fourth-order valence-electron chi connectivity index (χ4n) is 1.79. The molecule has 1 aliphatic carbocycles. The van der Waals surface area contributed by atoms with E-state index >= 15 is 0 Å². The molecule has 16 heavy (non-hydrogen) atoms. The fraction of sp³-hybridized carbons (Fsp3) is 0.455. The lowest BCUT2D eigenvalue weighted by Gasteiger charge is -2.12. The van der Waals surface area contributed by atoms with Gasteiger partial charge in [0, 0.05) is 23.7 Å². The van der Waals surface area contributed by atoms with Gasteiger partial charge in [-0.2, -0.15) is 0 Å². The van der Waals surface area contributed by atoms with Crippen molar-refractivity contribution in [3.8, 4) is 5.75 Å². The summed E-state index contributed by atoms with van der Waals surface area (Å²) in [5.74, 6) is 0.660. The van der Waals surface area contributed by atoms with Crippen molar-refractivity contribution >= 4 is 5.69 Å². The van der Waals surface area contributed by atoms with Gasteiger partial charge >= 0.3 is 0 Å². The van der Waals surface area contributed by atoms with Gasteiger partial charge in [0.2, 0.25) is 0 Å². The van der Waals surface area contributed by atoms with E-state index in [1.807, 2.05) is 0 Å². The van der Waals surface area contributed by atoms with Crippen LogP contribution < -0.4 is 5.73 Å². The first-order valence-electron chi connectivity index (χ1n) is 5.31. The molecule has 1 fully saturated rings. The molecule has 0 bridgehead atoms. The van der Waals surface area contributed by atoms with Crippen LogP contribution in [0.4, 0.5) is 5.69 Å². The van der Waals surface area contributed by atoms with Crippen molar-refractivity contribution in [2.24, 2.45) is 11.7 Å². The summed E-state index contributed by atoms with van der Waals surface area (Å²) < 4.78 is 0. The molecule has 3 N–H and O–H groups in total. The predicted molar refractivity (Wildman–Crippen MR) is 59.0 cm³/mol. The van der Waals surface area contributed by atoms with E-state index in [1.54, 1.807) is 0 Å². The van der Waals surface area contributed by atoms with Crippen molar-refractivity contribution in [2.75, 3.05) is 0 Å². The van der Waals surface area contributed by atoms with E-state index < -0.39 is 4.92 Å². The van der Waals surface area contributed by atoms with Gasteiger partial charge in [-0.3, -0.25) is 10.1 Å². The molecule has 0 aliphatic heterocycles. The number of nitro groups is 1. The van der Waals surface area contributed by atoms with Crippen LogP contribution in [0.25, 0.3) is 0 Å². The molecule has 1 saturated carbocycles. The quantitative estimate of drug-likeness (QED) is 0.603. The third-order valence-electron chi connectivity index (χ3n) is 2.91. The van der Waals surface area contributed by atoms with Gasteiger partial charge in [-0.05, 0) is 18.4 Å². The third kappa shape index (κ3) is 2.30. The first-order chi connectivity index (χ1) is 7.58. The second kappa shape index (κ2) is 4.09. The van der Waals surface area contributed by atoms with Crippen LogP contribution in [0, 0.1) is 16.0 Å². The van der Waals surface area contributed by atoms with Crippen LogP contribution in [0.2, 0.25) is 0 Å². The first kappa shape index (κ1) is 10.9. The van der Waals surface area contributed by atoms with Crippen molar-refractivity contribution in [1.29, 1.82) is 0 Å². The number of rotatable bonds is 4. The zero-order chi connectivity index (χ0) is 11.7. The highest BCUT2D eigenvalue weighted by atomic mass is 16.6. The van der Waals surface area contributed by atoms with Gasteiger partial charge in [-0.15, -0.1) is 0 Å². The number of nitrogens with two attached hydrogens (primary N) is 1. The molecule has 5 heteroatoms. The molecule has 0 spiro atoms. The van der Waals surface area contributed by atoms with Crippen molar-refractivity contribution in [2.45, 2.75) is 25.3 Å². The Morgan fingerprint density at radius 2 is 2.25 bits per heavy atom. The second-order valence-corrected chi connectivity index (χ2v) is 4.29. The highest BCUT2D eigenvalue weighted by Crippen LogP contribution is 2.39. The molecule has 2 rings (SSSR count). The van der Waals surface area contributed by atoms with Crippen molar-refractivity contribution in [1.82, 2.24) is 0 Å². The molecular weight excluding hydrogens is 208 g/mol. The number of non-ortho nitro benzene ring substituents is 1. The lowest BCUT2D eigenvalue weighted by atomic mass is 10.0. The topological polar surface area (TPSA) is 89.4 Å². The van der Waals surface area contributed by atoms with Gasteiger partial charge in [-0.1, -0.05) is 12.8 Å². The Labute approximate surface area is 93.0 Å². The molecule has 5 nitrogen and oxygen atoms in total. The van der Waals surface area contributed by atoms with Gasteiger partial charge in [0.15, 0.2) is 0 Å². The summed E-state index contributed by atoms with van der Waals surface area (Å²) in [5, 5.41) is 20.2. The Morgan fingerprint density at radius 1 is 1.56 bits per heavy atom. The maximum absolute atomic E-state index is 10.6. The minimum atomic E-state index is -0.479. The summed E-state index contributed by atoms with van der Waals surface area (Å²) in [5.41, 5.74) is 6.37. The van der Waals surface area contributed by atoms with Gasteiger partial charge in [0.05, 0.1) is 4.92 Å². The zero-order valence-electron chi connectivity index (χ0n) is 8.80. The number of phenolic OH excluding ortho intramolecular Hbond substituents is 1.